The van der Waals surface area contributed by atoms with Gasteiger partial charge in [0.15, 0.2) is 5.01 Å². The fraction of sp³-hybridized carbons (Fsp3) is 0.333. The first-order chi connectivity index (χ1) is 10.8. The third-order valence-electron chi connectivity index (χ3n) is 4.97. The standard InChI is InChI=1S/C18H15N3S/c19-10-16-20-15-6-5-12-13-4-2-8-21-7-1-3-11(17(13)21)9-14(12)18(15)22-16/h5-6,9H,1-4,7-8H2. The van der Waals surface area contributed by atoms with Crippen LogP contribution in [0.25, 0.3) is 21.0 Å². The van der Waals surface area contributed by atoms with Crippen LogP contribution in [0.3, 0.4) is 0 Å². The first kappa shape index (κ1) is 12.4. The molecular weight excluding hydrogens is 290 g/mol. The molecule has 0 aliphatic carbocycles. The molecule has 0 bridgehead atoms. The summed E-state index contributed by atoms with van der Waals surface area (Å²) in [5, 5.41) is 12.4. The van der Waals surface area contributed by atoms with Crippen LogP contribution in [-0.4, -0.2) is 18.1 Å². The lowest BCUT2D eigenvalue weighted by Crippen LogP contribution is -2.34. The van der Waals surface area contributed by atoms with E-state index in [9.17, 15) is 0 Å². The Morgan fingerprint density at radius 2 is 2.00 bits per heavy atom. The van der Waals surface area contributed by atoms with Crippen LogP contribution >= 0.6 is 11.3 Å². The molecular formula is C18H15N3S. The Hall–Kier alpha value is -2.12. The third kappa shape index (κ3) is 1.57. The van der Waals surface area contributed by atoms with Crippen molar-refractivity contribution in [1.29, 1.82) is 5.26 Å². The Morgan fingerprint density at radius 1 is 1.14 bits per heavy atom. The number of hydrogen-bond donors (Lipinski definition) is 0. The summed E-state index contributed by atoms with van der Waals surface area (Å²) in [5.74, 6) is 0. The van der Waals surface area contributed by atoms with Crippen LogP contribution in [0.1, 0.15) is 29.0 Å². The third-order valence-corrected chi connectivity index (χ3v) is 5.98. The normalized spacial score (nSPS) is 16.8. The number of anilines is 1. The number of fused-ring (bicyclic) bond motifs is 4. The van der Waals surface area contributed by atoms with Gasteiger partial charge in [0.25, 0.3) is 0 Å². The fourth-order valence-electron chi connectivity index (χ4n) is 4.11. The van der Waals surface area contributed by atoms with E-state index in [1.165, 1.54) is 82.4 Å². The Morgan fingerprint density at radius 3 is 2.86 bits per heavy atom. The minimum absolute atomic E-state index is 0.565. The average molecular weight is 305 g/mol. The SMILES string of the molecule is N#Cc1nc2ccc3c4c5c(cc3c2s1)CCCN5CCC4. The van der Waals surface area contributed by atoms with E-state index in [1.54, 1.807) is 0 Å². The molecule has 0 saturated heterocycles. The number of rotatable bonds is 0. The highest BCUT2D eigenvalue weighted by molar-refractivity contribution is 7.20. The lowest BCUT2D eigenvalue weighted by atomic mass is 9.88. The number of aromatic nitrogens is 1. The zero-order chi connectivity index (χ0) is 14.7. The van der Waals surface area contributed by atoms with Gasteiger partial charge in [0, 0.05) is 24.2 Å². The maximum atomic E-state index is 9.14. The molecule has 0 unspecified atom stereocenters. The number of nitriles is 1. The van der Waals surface area contributed by atoms with Crippen molar-refractivity contribution in [3.63, 3.8) is 0 Å². The molecule has 3 nitrogen and oxygen atoms in total. The summed E-state index contributed by atoms with van der Waals surface area (Å²) in [7, 11) is 0. The van der Waals surface area contributed by atoms with Crippen LogP contribution in [0.5, 0.6) is 0 Å². The van der Waals surface area contributed by atoms with Crippen molar-refractivity contribution in [3.05, 3.63) is 34.3 Å². The molecule has 3 aromatic rings. The Labute approximate surface area is 132 Å². The topological polar surface area (TPSA) is 39.9 Å². The molecule has 0 fully saturated rings. The van der Waals surface area contributed by atoms with Crippen LogP contribution < -0.4 is 4.90 Å². The summed E-state index contributed by atoms with van der Waals surface area (Å²) >= 11 is 1.53. The predicted molar refractivity (Wildman–Crippen MR) is 90.7 cm³/mol. The van der Waals surface area contributed by atoms with Crippen molar-refractivity contribution >= 4 is 38.0 Å². The van der Waals surface area contributed by atoms with Gasteiger partial charge in [-0.05, 0) is 54.3 Å². The molecule has 22 heavy (non-hydrogen) atoms. The molecule has 5 rings (SSSR count). The van der Waals surface area contributed by atoms with Gasteiger partial charge in [-0.3, -0.25) is 0 Å². The van der Waals surface area contributed by atoms with E-state index < -0.39 is 0 Å². The molecule has 0 atom stereocenters. The highest BCUT2D eigenvalue weighted by Gasteiger charge is 2.26. The molecule has 2 aliphatic rings. The molecule has 0 radical (unpaired) electrons. The van der Waals surface area contributed by atoms with Crippen molar-refractivity contribution < 1.29 is 0 Å². The van der Waals surface area contributed by atoms with E-state index in [4.69, 9.17) is 5.26 Å². The van der Waals surface area contributed by atoms with Gasteiger partial charge in [0.05, 0.1) is 10.2 Å². The van der Waals surface area contributed by atoms with E-state index in [0.717, 1.165) is 5.52 Å². The smallest absolute Gasteiger partial charge is 0.195 e. The van der Waals surface area contributed by atoms with E-state index in [-0.39, 0.29) is 0 Å². The first-order valence-corrected chi connectivity index (χ1v) is 8.70. The monoisotopic (exact) mass is 305 g/mol. The average Bonchev–Trinajstić information content (AvgIpc) is 2.99. The van der Waals surface area contributed by atoms with Crippen LogP contribution in [0.2, 0.25) is 0 Å². The van der Waals surface area contributed by atoms with Crippen LogP contribution in [0.4, 0.5) is 5.69 Å². The van der Waals surface area contributed by atoms with Gasteiger partial charge in [0.2, 0.25) is 0 Å². The Balaban J connectivity index is 1.92. The summed E-state index contributed by atoms with van der Waals surface area (Å²) in [4.78, 5) is 7.00. The molecule has 108 valence electrons. The largest absolute Gasteiger partial charge is 0.371 e. The second kappa shape index (κ2) is 4.44. The fourth-order valence-corrected chi connectivity index (χ4v) is 4.99. The first-order valence-electron chi connectivity index (χ1n) is 7.88. The highest BCUT2D eigenvalue weighted by Crippen LogP contribution is 2.42. The quantitative estimate of drug-likeness (QED) is 0.630. The van der Waals surface area contributed by atoms with Gasteiger partial charge < -0.3 is 4.90 Å². The Kier molecular flexibility index (Phi) is 2.51. The molecule has 0 amide bonds. The van der Waals surface area contributed by atoms with E-state index >= 15 is 0 Å². The lowest BCUT2D eigenvalue weighted by Gasteiger charge is -2.37. The maximum Gasteiger partial charge on any atom is 0.195 e. The minimum Gasteiger partial charge on any atom is -0.371 e. The van der Waals surface area contributed by atoms with Gasteiger partial charge in [-0.15, -0.1) is 11.3 Å². The molecule has 0 saturated carbocycles. The van der Waals surface area contributed by atoms with Crippen molar-refractivity contribution in [2.24, 2.45) is 0 Å². The lowest BCUT2D eigenvalue weighted by molar-refractivity contribution is 0.637. The predicted octanol–water partition coefficient (Wildman–Crippen LogP) is 4.02. The van der Waals surface area contributed by atoms with E-state index in [0.29, 0.717) is 5.01 Å². The summed E-state index contributed by atoms with van der Waals surface area (Å²) in [6, 6.07) is 8.86. The zero-order valence-electron chi connectivity index (χ0n) is 12.2. The summed E-state index contributed by atoms with van der Waals surface area (Å²) in [6.45, 7) is 2.40. The van der Waals surface area contributed by atoms with E-state index in [2.05, 4.69) is 34.2 Å². The number of thiazole rings is 1. The van der Waals surface area contributed by atoms with Gasteiger partial charge in [-0.2, -0.15) is 5.26 Å². The number of benzene rings is 2. The molecule has 1 aromatic heterocycles. The zero-order valence-corrected chi connectivity index (χ0v) is 13.0. The number of hydrogen-bond acceptors (Lipinski definition) is 4. The van der Waals surface area contributed by atoms with Crippen molar-refractivity contribution in [2.75, 3.05) is 18.0 Å². The maximum absolute atomic E-state index is 9.14. The summed E-state index contributed by atoms with van der Waals surface area (Å²) in [5.41, 5.74) is 5.49. The molecule has 0 N–H and O–H groups in total. The number of nitrogens with zero attached hydrogens (tertiary/aromatic N) is 3. The van der Waals surface area contributed by atoms with Gasteiger partial charge >= 0.3 is 0 Å². The molecule has 3 heterocycles. The second-order valence-corrected chi connectivity index (χ2v) is 7.20. The minimum atomic E-state index is 0.565. The van der Waals surface area contributed by atoms with Crippen LogP contribution in [0.15, 0.2) is 18.2 Å². The highest BCUT2D eigenvalue weighted by atomic mass is 32.1. The van der Waals surface area contributed by atoms with Crippen LogP contribution in [-0.2, 0) is 12.8 Å². The van der Waals surface area contributed by atoms with E-state index in [1.807, 2.05) is 0 Å². The van der Waals surface area contributed by atoms with Gasteiger partial charge in [-0.25, -0.2) is 4.98 Å². The van der Waals surface area contributed by atoms with Gasteiger partial charge in [-0.1, -0.05) is 6.07 Å². The second-order valence-electron chi connectivity index (χ2n) is 6.20. The number of aryl methyl sites for hydroxylation is 2. The molecule has 2 aliphatic heterocycles. The summed E-state index contributed by atoms with van der Waals surface area (Å²) in [6.07, 6.45) is 4.84. The van der Waals surface area contributed by atoms with Crippen molar-refractivity contribution in [1.82, 2.24) is 4.98 Å². The molecule has 4 heteroatoms. The summed E-state index contributed by atoms with van der Waals surface area (Å²) < 4.78 is 1.18. The molecule has 0 spiro atoms. The van der Waals surface area contributed by atoms with Crippen LogP contribution in [0, 0.1) is 11.3 Å². The van der Waals surface area contributed by atoms with Crippen molar-refractivity contribution in [2.45, 2.75) is 25.7 Å². The van der Waals surface area contributed by atoms with Crippen molar-refractivity contribution in [3.8, 4) is 6.07 Å². The van der Waals surface area contributed by atoms with Gasteiger partial charge in [0.1, 0.15) is 6.07 Å². The molecule has 2 aromatic carbocycles. The Bertz CT molecular complexity index is 962.